The normalized spacial score (nSPS) is 20.1. The first-order valence-electron chi connectivity index (χ1n) is 8.14. The van der Waals surface area contributed by atoms with Gasteiger partial charge in [-0.3, -0.25) is 9.69 Å². The predicted molar refractivity (Wildman–Crippen MR) is 91.1 cm³/mol. The maximum absolute atomic E-state index is 12.4. The first kappa shape index (κ1) is 18.8. The number of likely N-dealkylation sites (tertiary alicyclic amines) is 1. The van der Waals surface area contributed by atoms with E-state index in [2.05, 4.69) is 5.32 Å². The Morgan fingerprint density at radius 1 is 1.16 bits per heavy atom. The maximum atomic E-state index is 12.4. The van der Waals surface area contributed by atoms with Crippen molar-refractivity contribution in [2.75, 3.05) is 13.7 Å². The number of rotatable bonds is 3. The fourth-order valence-corrected chi connectivity index (χ4v) is 2.68. The molecule has 1 heterocycles. The highest BCUT2D eigenvalue weighted by Gasteiger charge is 2.42. The summed E-state index contributed by atoms with van der Waals surface area (Å²) in [4.78, 5) is 38.0. The molecule has 1 saturated heterocycles. The van der Waals surface area contributed by atoms with Crippen molar-refractivity contribution in [3.05, 3.63) is 35.9 Å². The van der Waals surface area contributed by atoms with E-state index in [1.54, 1.807) is 45.0 Å². The van der Waals surface area contributed by atoms with Gasteiger partial charge in [0.15, 0.2) is 0 Å². The zero-order chi connectivity index (χ0) is 18.6. The molecular formula is C18H24N2O5. The molecule has 2 rings (SSSR count). The molecule has 1 aliphatic heterocycles. The number of amides is 2. The van der Waals surface area contributed by atoms with Gasteiger partial charge in [-0.05, 0) is 32.9 Å². The maximum Gasteiger partial charge on any atom is 0.411 e. The third-order valence-corrected chi connectivity index (χ3v) is 3.77. The average Bonchev–Trinajstić information content (AvgIpc) is 2.97. The van der Waals surface area contributed by atoms with E-state index in [4.69, 9.17) is 9.47 Å². The fourth-order valence-electron chi connectivity index (χ4n) is 2.68. The molecule has 0 radical (unpaired) electrons. The monoisotopic (exact) mass is 348 g/mol. The Kier molecular flexibility index (Phi) is 5.66. The van der Waals surface area contributed by atoms with Gasteiger partial charge in [0.2, 0.25) is 0 Å². The number of carbonyl (C=O) groups excluding carboxylic acids is 3. The summed E-state index contributed by atoms with van der Waals surface area (Å²) in [6.45, 7) is 5.45. The van der Waals surface area contributed by atoms with E-state index in [0.717, 1.165) is 0 Å². The molecular weight excluding hydrogens is 324 g/mol. The average molecular weight is 348 g/mol. The van der Waals surface area contributed by atoms with E-state index < -0.39 is 23.7 Å². The van der Waals surface area contributed by atoms with E-state index in [-0.39, 0.29) is 24.9 Å². The Morgan fingerprint density at radius 3 is 2.36 bits per heavy atom. The van der Waals surface area contributed by atoms with Crippen LogP contribution in [-0.4, -0.2) is 54.2 Å². The third-order valence-electron chi connectivity index (χ3n) is 3.77. The number of ether oxygens (including phenoxy) is 2. The minimum absolute atomic E-state index is 0.188. The van der Waals surface area contributed by atoms with Gasteiger partial charge in [-0.25, -0.2) is 9.59 Å². The van der Waals surface area contributed by atoms with Crippen molar-refractivity contribution in [2.24, 2.45) is 0 Å². The first-order valence-corrected chi connectivity index (χ1v) is 8.14. The van der Waals surface area contributed by atoms with Crippen LogP contribution >= 0.6 is 0 Å². The summed E-state index contributed by atoms with van der Waals surface area (Å²) < 4.78 is 10.1. The molecule has 0 saturated carbocycles. The summed E-state index contributed by atoms with van der Waals surface area (Å²) in [5, 5.41) is 2.86. The number of nitrogens with zero attached hydrogens (tertiary/aromatic N) is 1. The molecule has 1 aliphatic rings. The summed E-state index contributed by atoms with van der Waals surface area (Å²) in [6.07, 6.45) is -0.316. The van der Waals surface area contributed by atoms with Gasteiger partial charge in [0.25, 0.3) is 5.91 Å². The lowest BCUT2D eigenvalue weighted by molar-refractivity contribution is -0.145. The second-order valence-electron chi connectivity index (χ2n) is 6.94. The predicted octanol–water partition coefficient (Wildman–Crippen LogP) is 1.97. The molecule has 1 N–H and O–H groups in total. The summed E-state index contributed by atoms with van der Waals surface area (Å²) in [5.41, 5.74) is -0.156. The number of methoxy groups -OCH3 is 1. The smallest absolute Gasteiger partial charge is 0.411 e. The molecule has 2 amide bonds. The molecule has 25 heavy (non-hydrogen) atoms. The number of benzene rings is 1. The van der Waals surface area contributed by atoms with Gasteiger partial charge >= 0.3 is 12.1 Å². The van der Waals surface area contributed by atoms with E-state index in [1.807, 2.05) is 6.07 Å². The molecule has 0 aliphatic carbocycles. The molecule has 7 heteroatoms. The van der Waals surface area contributed by atoms with Crippen LogP contribution in [-0.2, 0) is 14.3 Å². The van der Waals surface area contributed by atoms with Gasteiger partial charge in [0.05, 0.1) is 7.11 Å². The Morgan fingerprint density at radius 2 is 1.80 bits per heavy atom. The van der Waals surface area contributed by atoms with Crippen molar-refractivity contribution in [2.45, 2.75) is 44.9 Å². The number of esters is 1. The summed E-state index contributed by atoms with van der Waals surface area (Å²) in [7, 11) is 1.27. The van der Waals surface area contributed by atoms with Crippen molar-refractivity contribution in [1.82, 2.24) is 10.2 Å². The number of carbonyl (C=O) groups is 3. The van der Waals surface area contributed by atoms with Crippen LogP contribution in [0.1, 0.15) is 37.6 Å². The molecule has 0 spiro atoms. The third kappa shape index (κ3) is 4.95. The van der Waals surface area contributed by atoms with Crippen molar-refractivity contribution in [3.63, 3.8) is 0 Å². The molecule has 2 atom stereocenters. The molecule has 0 bridgehead atoms. The number of hydrogen-bond acceptors (Lipinski definition) is 5. The quantitative estimate of drug-likeness (QED) is 0.844. The van der Waals surface area contributed by atoms with Crippen LogP contribution in [0.3, 0.4) is 0 Å². The van der Waals surface area contributed by atoms with Crippen LogP contribution in [0.4, 0.5) is 4.79 Å². The molecule has 1 aromatic carbocycles. The van der Waals surface area contributed by atoms with Gasteiger partial charge < -0.3 is 14.8 Å². The van der Waals surface area contributed by atoms with Crippen LogP contribution in [0.2, 0.25) is 0 Å². The molecule has 0 aromatic heterocycles. The minimum atomic E-state index is -0.777. The summed E-state index contributed by atoms with van der Waals surface area (Å²) in [5.74, 6) is -0.775. The van der Waals surface area contributed by atoms with Crippen molar-refractivity contribution < 1.29 is 23.9 Å². The Hall–Kier alpha value is -2.57. The lowest BCUT2D eigenvalue weighted by Crippen LogP contribution is -2.44. The minimum Gasteiger partial charge on any atom is -0.467 e. The Balaban J connectivity index is 2.08. The molecule has 7 nitrogen and oxygen atoms in total. The zero-order valence-electron chi connectivity index (χ0n) is 14.9. The van der Waals surface area contributed by atoms with E-state index in [1.165, 1.54) is 12.0 Å². The highest BCUT2D eigenvalue weighted by Crippen LogP contribution is 2.22. The molecule has 136 valence electrons. The van der Waals surface area contributed by atoms with Crippen LogP contribution in [0.25, 0.3) is 0 Å². The summed E-state index contributed by atoms with van der Waals surface area (Å²) >= 11 is 0. The van der Waals surface area contributed by atoms with Crippen LogP contribution in [0, 0.1) is 0 Å². The Labute approximate surface area is 147 Å². The zero-order valence-corrected chi connectivity index (χ0v) is 14.9. The van der Waals surface area contributed by atoms with Crippen LogP contribution in [0.15, 0.2) is 30.3 Å². The van der Waals surface area contributed by atoms with Crippen molar-refractivity contribution in [1.29, 1.82) is 0 Å². The van der Waals surface area contributed by atoms with Crippen LogP contribution < -0.4 is 5.32 Å². The SMILES string of the molecule is COC(=O)[C@@H]1CC(NC(=O)c2ccccc2)CN1C(=O)OC(C)(C)C. The Bertz CT molecular complexity index is 639. The van der Waals surface area contributed by atoms with Crippen molar-refractivity contribution in [3.8, 4) is 0 Å². The van der Waals surface area contributed by atoms with Crippen molar-refractivity contribution >= 4 is 18.0 Å². The van der Waals surface area contributed by atoms with Gasteiger partial charge in [-0.2, -0.15) is 0 Å². The standard InChI is InChI=1S/C18H24N2O5/c1-18(2,3)25-17(23)20-11-13(10-14(20)16(22)24-4)19-15(21)12-8-6-5-7-9-12/h5-9,13-14H,10-11H2,1-4H3,(H,19,21)/t13?,14-/m0/s1. The highest BCUT2D eigenvalue weighted by molar-refractivity contribution is 5.94. The van der Waals surface area contributed by atoms with E-state index in [0.29, 0.717) is 5.56 Å². The largest absolute Gasteiger partial charge is 0.467 e. The second-order valence-corrected chi connectivity index (χ2v) is 6.94. The van der Waals surface area contributed by atoms with Gasteiger partial charge in [-0.1, -0.05) is 18.2 Å². The van der Waals surface area contributed by atoms with E-state index >= 15 is 0 Å². The van der Waals surface area contributed by atoms with E-state index in [9.17, 15) is 14.4 Å². The topological polar surface area (TPSA) is 84.9 Å². The lowest BCUT2D eigenvalue weighted by Gasteiger charge is -2.27. The molecule has 1 unspecified atom stereocenters. The summed E-state index contributed by atoms with van der Waals surface area (Å²) in [6, 6.07) is 7.64. The van der Waals surface area contributed by atoms with Gasteiger partial charge in [-0.15, -0.1) is 0 Å². The second kappa shape index (κ2) is 7.55. The van der Waals surface area contributed by atoms with Gasteiger partial charge in [0, 0.05) is 24.6 Å². The van der Waals surface area contributed by atoms with Crippen LogP contribution in [0.5, 0.6) is 0 Å². The number of nitrogens with one attached hydrogen (secondary N) is 1. The van der Waals surface area contributed by atoms with Gasteiger partial charge in [0.1, 0.15) is 11.6 Å². The lowest BCUT2D eigenvalue weighted by atomic mass is 10.1. The molecule has 1 fully saturated rings. The first-order chi connectivity index (χ1) is 11.7. The highest BCUT2D eigenvalue weighted by atomic mass is 16.6. The number of hydrogen-bond donors (Lipinski definition) is 1. The fraction of sp³-hybridized carbons (Fsp3) is 0.500. The molecule has 1 aromatic rings.